The van der Waals surface area contributed by atoms with E-state index in [1.165, 1.54) is 5.56 Å². The van der Waals surface area contributed by atoms with Crippen LogP contribution in [0.3, 0.4) is 0 Å². The number of hydrogen-bond donors (Lipinski definition) is 2. The molecule has 2 rings (SSSR count). The number of nitrogens with two attached hydrogens (primary N) is 1. The van der Waals surface area contributed by atoms with Gasteiger partial charge in [0.25, 0.3) is 0 Å². The molecule has 2 nitrogen and oxygen atoms in total. The normalized spacial score (nSPS) is 8.87. The largest absolute Gasteiger partial charge is 0.508 e. The first-order valence-electron chi connectivity index (χ1n) is 4.74. The van der Waals surface area contributed by atoms with Crippen molar-refractivity contribution >= 4 is 5.69 Å². The molecule has 0 aliphatic carbocycles. The number of anilines is 1. The summed E-state index contributed by atoms with van der Waals surface area (Å²) in [7, 11) is 0. The fourth-order valence-corrected chi connectivity index (χ4v) is 0.998. The Labute approximate surface area is 90.0 Å². The number of benzene rings is 2. The van der Waals surface area contributed by atoms with Gasteiger partial charge in [0, 0.05) is 5.69 Å². The molecule has 0 saturated heterocycles. The molecule has 0 spiro atoms. The van der Waals surface area contributed by atoms with Crippen LogP contribution in [0.4, 0.5) is 5.69 Å². The van der Waals surface area contributed by atoms with Crippen LogP contribution in [0.25, 0.3) is 0 Å². The summed E-state index contributed by atoms with van der Waals surface area (Å²) < 4.78 is 0. The Morgan fingerprint density at radius 2 is 1.40 bits per heavy atom. The second-order valence-corrected chi connectivity index (χ2v) is 3.25. The van der Waals surface area contributed by atoms with Gasteiger partial charge >= 0.3 is 0 Å². The highest BCUT2D eigenvalue weighted by molar-refractivity contribution is 5.35. The number of aromatic hydroxyl groups is 1. The molecule has 0 fully saturated rings. The van der Waals surface area contributed by atoms with Crippen LogP contribution in [-0.4, -0.2) is 5.11 Å². The summed E-state index contributed by atoms with van der Waals surface area (Å²) in [6.45, 7) is 1.99. The first kappa shape index (κ1) is 11.1. The number of hydrogen-bond acceptors (Lipinski definition) is 2. The predicted octanol–water partition coefficient (Wildman–Crippen LogP) is 2.97. The van der Waals surface area contributed by atoms with Gasteiger partial charge in [-0.15, -0.1) is 0 Å². The molecule has 0 aromatic heterocycles. The summed E-state index contributed by atoms with van der Waals surface area (Å²) >= 11 is 0. The lowest BCUT2D eigenvalue weighted by molar-refractivity contribution is 0.475. The van der Waals surface area contributed by atoms with Gasteiger partial charge in [-0.1, -0.05) is 35.9 Å². The first-order chi connectivity index (χ1) is 7.18. The van der Waals surface area contributed by atoms with Crippen molar-refractivity contribution in [1.29, 1.82) is 0 Å². The van der Waals surface area contributed by atoms with Crippen molar-refractivity contribution in [3.63, 3.8) is 0 Å². The molecule has 2 aromatic carbocycles. The smallest absolute Gasteiger partial charge is 0.115 e. The van der Waals surface area contributed by atoms with E-state index in [4.69, 9.17) is 10.8 Å². The van der Waals surface area contributed by atoms with Gasteiger partial charge in [0.15, 0.2) is 0 Å². The zero-order valence-electron chi connectivity index (χ0n) is 8.72. The van der Waals surface area contributed by atoms with E-state index < -0.39 is 0 Å². The summed E-state index contributed by atoms with van der Waals surface area (Å²) in [5.41, 5.74) is 7.35. The van der Waals surface area contributed by atoms with Gasteiger partial charge in [-0.05, 0) is 31.2 Å². The van der Waals surface area contributed by atoms with Gasteiger partial charge in [-0.2, -0.15) is 0 Å². The third-order valence-electron chi connectivity index (χ3n) is 1.83. The summed E-state index contributed by atoms with van der Waals surface area (Å²) in [4.78, 5) is 0. The number of phenolic OH excluding ortho intramolecular Hbond substituents is 1. The second kappa shape index (κ2) is 5.70. The van der Waals surface area contributed by atoms with Gasteiger partial charge in [-0.3, -0.25) is 0 Å². The number of aryl methyl sites for hydroxylation is 1. The van der Waals surface area contributed by atoms with E-state index in [0.29, 0.717) is 5.75 Å². The van der Waals surface area contributed by atoms with Gasteiger partial charge < -0.3 is 10.8 Å². The van der Waals surface area contributed by atoms with E-state index in [9.17, 15) is 0 Å². The van der Waals surface area contributed by atoms with Gasteiger partial charge in [0.1, 0.15) is 5.75 Å². The average molecular weight is 201 g/mol. The van der Waals surface area contributed by atoms with Crippen LogP contribution in [0.15, 0.2) is 54.6 Å². The highest BCUT2D eigenvalue weighted by Crippen LogP contribution is 2.07. The molecule has 0 saturated carbocycles. The SMILES string of the molecule is Cc1ccc(O)cc1.Nc1ccccc1. The maximum absolute atomic E-state index is 8.76. The molecule has 78 valence electrons. The molecule has 2 heteroatoms. The molecule has 3 N–H and O–H groups in total. The first-order valence-corrected chi connectivity index (χ1v) is 4.74. The number of nitrogen functional groups attached to an aromatic ring is 1. The monoisotopic (exact) mass is 201 g/mol. The van der Waals surface area contributed by atoms with Crippen molar-refractivity contribution in [2.24, 2.45) is 0 Å². The topological polar surface area (TPSA) is 46.2 Å². The van der Waals surface area contributed by atoms with Crippen LogP contribution >= 0.6 is 0 Å². The Kier molecular flexibility index (Phi) is 4.23. The third kappa shape index (κ3) is 4.72. The molecule has 0 aliphatic rings. The van der Waals surface area contributed by atoms with Crippen LogP contribution in [0, 0.1) is 6.92 Å². The second-order valence-electron chi connectivity index (χ2n) is 3.25. The van der Waals surface area contributed by atoms with E-state index in [0.717, 1.165) is 5.69 Å². The lowest BCUT2D eigenvalue weighted by atomic mass is 10.2. The Morgan fingerprint density at radius 1 is 0.867 bits per heavy atom. The molecular weight excluding hydrogens is 186 g/mol. The summed E-state index contributed by atoms with van der Waals surface area (Å²) in [6.07, 6.45) is 0. The lowest BCUT2D eigenvalue weighted by Gasteiger charge is -1.89. The van der Waals surface area contributed by atoms with E-state index in [1.807, 2.05) is 49.4 Å². The van der Waals surface area contributed by atoms with Crippen molar-refractivity contribution in [3.8, 4) is 5.75 Å². The Hall–Kier alpha value is -1.96. The van der Waals surface area contributed by atoms with E-state index >= 15 is 0 Å². The molecule has 0 atom stereocenters. The minimum atomic E-state index is 0.329. The molecule has 0 bridgehead atoms. The standard InChI is InChI=1S/C7H8O.C6H7N/c1-6-2-4-7(8)5-3-6;7-6-4-2-1-3-5-6/h2-5,8H,1H3;1-5H,7H2. The molecule has 2 aromatic rings. The van der Waals surface area contributed by atoms with Crippen molar-refractivity contribution in [3.05, 3.63) is 60.2 Å². The van der Waals surface area contributed by atoms with Crippen LogP contribution in [0.2, 0.25) is 0 Å². The molecule has 0 amide bonds. The number of para-hydroxylation sites is 1. The summed E-state index contributed by atoms with van der Waals surface area (Å²) in [5.74, 6) is 0.329. The van der Waals surface area contributed by atoms with Gasteiger partial charge in [-0.25, -0.2) is 0 Å². The minimum absolute atomic E-state index is 0.329. The lowest BCUT2D eigenvalue weighted by Crippen LogP contribution is -1.79. The van der Waals surface area contributed by atoms with Gasteiger partial charge in [0.05, 0.1) is 0 Å². The fraction of sp³-hybridized carbons (Fsp3) is 0.0769. The Bertz CT molecular complexity index is 360. The summed E-state index contributed by atoms with van der Waals surface area (Å²) in [5, 5.41) is 8.76. The van der Waals surface area contributed by atoms with Crippen molar-refractivity contribution < 1.29 is 5.11 Å². The molecule has 0 radical (unpaired) electrons. The highest BCUT2D eigenvalue weighted by Gasteiger charge is 1.82. The predicted molar refractivity (Wildman–Crippen MR) is 63.7 cm³/mol. The minimum Gasteiger partial charge on any atom is -0.508 e. The zero-order chi connectivity index (χ0) is 11.1. The third-order valence-corrected chi connectivity index (χ3v) is 1.83. The maximum atomic E-state index is 8.76. The van der Waals surface area contributed by atoms with Crippen LogP contribution in [-0.2, 0) is 0 Å². The Morgan fingerprint density at radius 3 is 1.73 bits per heavy atom. The van der Waals surface area contributed by atoms with Crippen LogP contribution < -0.4 is 5.73 Å². The maximum Gasteiger partial charge on any atom is 0.115 e. The summed E-state index contributed by atoms with van der Waals surface area (Å²) in [6, 6.07) is 16.6. The fourth-order valence-electron chi connectivity index (χ4n) is 0.998. The number of rotatable bonds is 0. The van der Waals surface area contributed by atoms with Crippen molar-refractivity contribution in [1.82, 2.24) is 0 Å². The van der Waals surface area contributed by atoms with Crippen molar-refractivity contribution in [2.75, 3.05) is 5.73 Å². The van der Waals surface area contributed by atoms with E-state index in [-0.39, 0.29) is 0 Å². The van der Waals surface area contributed by atoms with E-state index in [2.05, 4.69) is 0 Å². The molecule has 0 heterocycles. The Balaban J connectivity index is 0.000000151. The molecule has 0 aliphatic heterocycles. The zero-order valence-corrected chi connectivity index (χ0v) is 8.72. The van der Waals surface area contributed by atoms with E-state index in [1.54, 1.807) is 12.1 Å². The van der Waals surface area contributed by atoms with Crippen molar-refractivity contribution in [2.45, 2.75) is 6.92 Å². The van der Waals surface area contributed by atoms with Crippen LogP contribution in [0.5, 0.6) is 5.75 Å². The molecular formula is C13H15NO. The highest BCUT2D eigenvalue weighted by atomic mass is 16.3. The van der Waals surface area contributed by atoms with Gasteiger partial charge in [0.2, 0.25) is 0 Å². The quantitative estimate of drug-likeness (QED) is 0.644. The number of phenols is 1. The average Bonchev–Trinajstić information content (AvgIpc) is 2.25. The molecule has 0 unspecified atom stereocenters. The van der Waals surface area contributed by atoms with Crippen LogP contribution in [0.1, 0.15) is 5.56 Å². The molecule has 15 heavy (non-hydrogen) atoms.